The van der Waals surface area contributed by atoms with E-state index in [1.807, 2.05) is 176 Å². The molecule has 0 bridgehead atoms. The van der Waals surface area contributed by atoms with Crippen molar-refractivity contribution in [1.82, 2.24) is 19.5 Å². The highest BCUT2D eigenvalue weighted by Gasteiger charge is 2.42. The van der Waals surface area contributed by atoms with E-state index in [2.05, 4.69) is 47.0 Å². The maximum absolute atomic E-state index is 15.6. The van der Waals surface area contributed by atoms with Crippen LogP contribution in [0.1, 0.15) is 20.7 Å². The molecular weight excluding hydrogens is 811 g/mol. The van der Waals surface area contributed by atoms with Crippen LogP contribution in [-0.4, -0.2) is 31.3 Å². The van der Waals surface area contributed by atoms with Crippen molar-refractivity contribution in [2.24, 2.45) is 0 Å². The van der Waals surface area contributed by atoms with Crippen LogP contribution in [-0.2, 0) is 0 Å². The summed E-state index contributed by atoms with van der Waals surface area (Å²) < 4.78 is 2.10. The van der Waals surface area contributed by atoms with Gasteiger partial charge in [0.05, 0.1) is 33.5 Å². The molecule has 0 atom stereocenters. The van der Waals surface area contributed by atoms with Gasteiger partial charge in [-0.1, -0.05) is 188 Å². The number of para-hydroxylation sites is 1. The lowest BCUT2D eigenvalue weighted by Crippen LogP contribution is -2.30. The van der Waals surface area contributed by atoms with Gasteiger partial charge in [-0.05, 0) is 58.7 Å². The second kappa shape index (κ2) is 15.9. The van der Waals surface area contributed by atoms with E-state index in [0.29, 0.717) is 40.0 Å². The summed E-state index contributed by atoms with van der Waals surface area (Å²) >= 11 is 0. The Hall–Kier alpha value is -9.07. The van der Waals surface area contributed by atoms with Gasteiger partial charge in [-0.15, -0.1) is 0 Å². The largest absolute Gasteiger partial charge is 0.308 e. The van der Waals surface area contributed by atoms with Crippen molar-refractivity contribution < 1.29 is 9.59 Å². The molecular formula is C59H37N5O2. The number of hydrogen-bond acceptors (Lipinski definition) is 5. The molecule has 2 aromatic heterocycles. The molecule has 0 saturated carbocycles. The zero-order valence-electron chi connectivity index (χ0n) is 35.4. The number of imide groups is 1. The van der Waals surface area contributed by atoms with E-state index < -0.39 is 5.91 Å². The molecule has 12 rings (SSSR count). The summed E-state index contributed by atoms with van der Waals surface area (Å²) in [5.74, 6) is 0.866. The van der Waals surface area contributed by atoms with Gasteiger partial charge in [0, 0.05) is 38.6 Å². The first-order valence-corrected chi connectivity index (χ1v) is 21.9. The predicted octanol–water partition coefficient (Wildman–Crippen LogP) is 13.8. The first-order chi connectivity index (χ1) is 32.6. The van der Waals surface area contributed by atoms with Crippen molar-refractivity contribution in [2.75, 3.05) is 4.90 Å². The third-order valence-electron chi connectivity index (χ3n) is 12.4. The Labute approximate surface area is 380 Å². The van der Waals surface area contributed by atoms with Gasteiger partial charge in [-0.2, -0.15) is 0 Å². The number of benzene rings is 9. The fourth-order valence-electron chi connectivity index (χ4n) is 9.40. The van der Waals surface area contributed by atoms with E-state index >= 15 is 9.59 Å². The number of carbonyl (C=O) groups excluding carboxylic acids is 2. The summed E-state index contributed by atoms with van der Waals surface area (Å²) in [7, 11) is 0. The molecule has 7 nitrogen and oxygen atoms in total. The first-order valence-electron chi connectivity index (χ1n) is 21.9. The van der Waals surface area contributed by atoms with Gasteiger partial charge in [0.2, 0.25) is 0 Å². The SMILES string of the molecule is O=C1c2cccc(-n3c4ccccc4c4c(-c5nc(-c6ccccc6)nc(-c6ccccc6)n5)cccc43)c2C(=O)N1c1c(-c2ccccc2)cc(-c2ccccc2)cc1-c1ccccc1. The molecule has 1 aliphatic heterocycles. The number of hydrogen-bond donors (Lipinski definition) is 0. The molecule has 9 aromatic carbocycles. The number of rotatable bonds is 8. The quantitative estimate of drug-likeness (QED) is 0.142. The molecule has 66 heavy (non-hydrogen) atoms. The van der Waals surface area contributed by atoms with Crippen molar-refractivity contribution in [3.05, 3.63) is 236 Å². The lowest BCUT2D eigenvalue weighted by molar-refractivity contribution is 0.0926. The zero-order chi connectivity index (χ0) is 44.1. The van der Waals surface area contributed by atoms with Crippen LogP contribution in [0.2, 0.25) is 0 Å². The highest BCUT2D eigenvalue weighted by atomic mass is 16.2. The van der Waals surface area contributed by atoms with Gasteiger partial charge in [-0.25, -0.2) is 19.9 Å². The lowest BCUT2D eigenvalue weighted by atomic mass is 9.90. The van der Waals surface area contributed by atoms with Gasteiger partial charge in [0.25, 0.3) is 11.8 Å². The second-order valence-corrected chi connectivity index (χ2v) is 16.3. The summed E-state index contributed by atoms with van der Waals surface area (Å²) in [6.07, 6.45) is 0. The van der Waals surface area contributed by atoms with E-state index in [9.17, 15) is 0 Å². The van der Waals surface area contributed by atoms with Crippen LogP contribution in [0.3, 0.4) is 0 Å². The van der Waals surface area contributed by atoms with Crippen molar-refractivity contribution in [1.29, 1.82) is 0 Å². The van der Waals surface area contributed by atoms with Crippen LogP contribution in [0.5, 0.6) is 0 Å². The number of fused-ring (bicyclic) bond motifs is 4. The Morgan fingerprint density at radius 2 is 0.788 bits per heavy atom. The highest BCUT2D eigenvalue weighted by molar-refractivity contribution is 6.37. The first kappa shape index (κ1) is 38.6. The third-order valence-corrected chi connectivity index (χ3v) is 12.4. The van der Waals surface area contributed by atoms with Crippen LogP contribution in [0, 0.1) is 0 Å². The fourth-order valence-corrected chi connectivity index (χ4v) is 9.40. The minimum Gasteiger partial charge on any atom is -0.308 e. The molecule has 3 heterocycles. The molecule has 0 saturated heterocycles. The number of carbonyl (C=O) groups is 2. The van der Waals surface area contributed by atoms with Gasteiger partial charge < -0.3 is 4.57 Å². The van der Waals surface area contributed by atoms with Crippen LogP contribution in [0.25, 0.3) is 95.0 Å². The average molecular weight is 848 g/mol. The predicted molar refractivity (Wildman–Crippen MR) is 264 cm³/mol. The van der Waals surface area contributed by atoms with E-state index in [1.165, 1.54) is 4.90 Å². The third kappa shape index (κ3) is 6.41. The molecule has 0 aliphatic carbocycles. The molecule has 1 aliphatic rings. The number of aromatic nitrogens is 4. The zero-order valence-corrected chi connectivity index (χ0v) is 35.4. The molecule has 310 valence electrons. The fraction of sp³-hybridized carbons (Fsp3) is 0. The number of anilines is 1. The maximum Gasteiger partial charge on any atom is 0.268 e. The van der Waals surface area contributed by atoms with Gasteiger partial charge in [-0.3, -0.25) is 9.59 Å². The lowest BCUT2D eigenvalue weighted by Gasteiger charge is -2.24. The normalized spacial score (nSPS) is 12.3. The van der Waals surface area contributed by atoms with Crippen molar-refractivity contribution in [3.8, 4) is 73.2 Å². The Bertz CT molecular complexity index is 3550. The van der Waals surface area contributed by atoms with Gasteiger partial charge >= 0.3 is 0 Å². The standard InChI is InChI=1S/C59H37N5O2/c65-58-46-32-19-35-51(53(46)59(66)64(58)54-47(39-22-8-2-9-23-39)36-43(38-20-6-1-7-21-38)37-48(54)40-24-10-3-11-25-40)63-49-33-17-16-30-44(49)52-45(31-18-34-50(52)63)57-61-55(41-26-12-4-13-27-41)60-56(62-57)42-28-14-5-15-29-42/h1-37H. The molecule has 0 radical (unpaired) electrons. The van der Waals surface area contributed by atoms with Gasteiger partial charge in [0.1, 0.15) is 0 Å². The van der Waals surface area contributed by atoms with E-state index in [1.54, 1.807) is 6.07 Å². The Kier molecular flexibility index (Phi) is 9.31. The van der Waals surface area contributed by atoms with E-state index in [0.717, 1.165) is 71.9 Å². The average Bonchev–Trinajstić information content (AvgIpc) is 3.87. The minimum absolute atomic E-state index is 0.332. The Morgan fingerprint density at radius 3 is 1.36 bits per heavy atom. The van der Waals surface area contributed by atoms with Gasteiger partial charge in [0.15, 0.2) is 17.5 Å². The summed E-state index contributed by atoms with van der Waals surface area (Å²) in [4.78, 5) is 47.4. The molecule has 2 amide bonds. The molecule has 0 N–H and O–H groups in total. The van der Waals surface area contributed by atoms with Crippen LogP contribution in [0.15, 0.2) is 224 Å². The maximum atomic E-state index is 15.6. The van der Waals surface area contributed by atoms with Crippen molar-refractivity contribution in [2.45, 2.75) is 0 Å². The second-order valence-electron chi connectivity index (χ2n) is 16.3. The smallest absolute Gasteiger partial charge is 0.268 e. The van der Waals surface area contributed by atoms with E-state index in [-0.39, 0.29) is 5.91 Å². The van der Waals surface area contributed by atoms with E-state index in [4.69, 9.17) is 15.0 Å². The summed E-state index contributed by atoms with van der Waals surface area (Å²) in [6, 6.07) is 74.0. The van der Waals surface area contributed by atoms with Crippen molar-refractivity contribution >= 4 is 39.3 Å². The van der Waals surface area contributed by atoms with Crippen molar-refractivity contribution in [3.63, 3.8) is 0 Å². The summed E-state index contributed by atoms with van der Waals surface area (Å²) in [5.41, 5.74) is 11.4. The molecule has 0 fully saturated rings. The number of amides is 2. The molecule has 7 heteroatoms. The van der Waals surface area contributed by atoms with Crippen LogP contribution >= 0.6 is 0 Å². The number of nitrogens with zero attached hydrogens (tertiary/aromatic N) is 5. The molecule has 11 aromatic rings. The minimum atomic E-state index is -0.396. The topological polar surface area (TPSA) is 81.0 Å². The highest BCUT2D eigenvalue weighted by Crippen LogP contribution is 2.47. The van der Waals surface area contributed by atoms with Crippen LogP contribution < -0.4 is 4.90 Å². The Balaban J connectivity index is 1.07. The molecule has 0 spiro atoms. The molecule has 0 unspecified atom stereocenters. The monoisotopic (exact) mass is 847 g/mol. The summed E-state index contributed by atoms with van der Waals surface area (Å²) in [5, 5.41) is 1.87. The Morgan fingerprint density at radius 1 is 0.333 bits per heavy atom. The van der Waals surface area contributed by atoms with Crippen LogP contribution in [0.4, 0.5) is 5.69 Å². The summed E-state index contributed by atoms with van der Waals surface area (Å²) in [6.45, 7) is 0.